The van der Waals surface area contributed by atoms with Crippen LogP contribution in [0.4, 0.5) is 23.7 Å². The van der Waals surface area contributed by atoms with Crippen molar-refractivity contribution in [1.29, 1.82) is 0 Å². The molecule has 0 atom stereocenters. The summed E-state index contributed by atoms with van der Waals surface area (Å²) in [4.78, 5) is 25.5. The Balaban J connectivity index is 1.66. The zero-order chi connectivity index (χ0) is 21.2. The van der Waals surface area contributed by atoms with E-state index in [1.807, 2.05) is 0 Å². The summed E-state index contributed by atoms with van der Waals surface area (Å²) in [7, 11) is 0. The normalized spacial score (nSPS) is 14.7. The molecule has 2 aromatic carbocycles. The van der Waals surface area contributed by atoms with Crippen LogP contribution in [0.2, 0.25) is 0 Å². The first-order valence-corrected chi connectivity index (χ1v) is 9.08. The molecule has 5 nitrogen and oxygen atoms in total. The van der Waals surface area contributed by atoms with Crippen molar-refractivity contribution in [3.05, 3.63) is 65.2 Å². The van der Waals surface area contributed by atoms with Crippen molar-refractivity contribution in [3.8, 4) is 0 Å². The second-order valence-corrected chi connectivity index (χ2v) is 7.46. The van der Waals surface area contributed by atoms with Gasteiger partial charge in [0.25, 0.3) is 5.91 Å². The fraction of sp³-hybridized carbons (Fsp3) is 0.333. The second-order valence-electron chi connectivity index (χ2n) is 7.46. The van der Waals surface area contributed by atoms with Crippen LogP contribution in [-0.2, 0) is 16.3 Å². The minimum atomic E-state index is -4.42. The summed E-state index contributed by atoms with van der Waals surface area (Å²) < 4.78 is 43.8. The summed E-state index contributed by atoms with van der Waals surface area (Å²) in [6.07, 6.45) is -4.84. The summed E-state index contributed by atoms with van der Waals surface area (Å²) in [5.41, 5.74) is 0.0892. The standard InChI is InChI=1S/C21H21F3N2O3/c1-20(2,15-4-3-5-16(12-15)21(22,23)24)13-25-18(27)14-6-8-17(9-7-14)26-10-11-29-19(26)28/h3-9,12H,10-11,13H2,1-2H3,(H,25,27). The number of hydrogen-bond acceptors (Lipinski definition) is 3. The third kappa shape index (κ3) is 4.70. The Bertz CT molecular complexity index is 908. The molecule has 0 spiro atoms. The number of anilines is 1. The minimum absolute atomic E-state index is 0.160. The van der Waals surface area contributed by atoms with Gasteiger partial charge in [-0.2, -0.15) is 13.2 Å². The van der Waals surface area contributed by atoms with E-state index in [0.29, 0.717) is 30.0 Å². The Labute approximate surface area is 166 Å². The summed E-state index contributed by atoms with van der Waals surface area (Å²) in [6, 6.07) is 11.6. The van der Waals surface area contributed by atoms with E-state index >= 15 is 0 Å². The van der Waals surface area contributed by atoms with Crippen molar-refractivity contribution in [3.63, 3.8) is 0 Å². The van der Waals surface area contributed by atoms with E-state index < -0.39 is 23.2 Å². The number of hydrogen-bond donors (Lipinski definition) is 1. The molecule has 1 aliphatic heterocycles. The molecule has 0 unspecified atom stereocenters. The number of amides is 2. The average Bonchev–Trinajstić information content (AvgIpc) is 3.11. The first-order chi connectivity index (χ1) is 13.6. The van der Waals surface area contributed by atoms with Gasteiger partial charge < -0.3 is 10.1 Å². The highest BCUT2D eigenvalue weighted by Crippen LogP contribution is 2.32. The quantitative estimate of drug-likeness (QED) is 0.802. The molecule has 1 heterocycles. The molecule has 1 N–H and O–H groups in total. The lowest BCUT2D eigenvalue weighted by Crippen LogP contribution is -2.36. The van der Waals surface area contributed by atoms with Crippen LogP contribution in [0.15, 0.2) is 48.5 Å². The van der Waals surface area contributed by atoms with Gasteiger partial charge in [-0.05, 0) is 35.9 Å². The number of ether oxygens (including phenoxy) is 1. The number of cyclic esters (lactones) is 1. The van der Waals surface area contributed by atoms with Gasteiger partial charge in [0.15, 0.2) is 0 Å². The zero-order valence-electron chi connectivity index (χ0n) is 16.0. The van der Waals surface area contributed by atoms with Gasteiger partial charge in [0, 0.05) is 23.2 Å². The molecule has 8 heteroatoms. The van der Waals surface area contributed by atoms with E-state index in [2.05, 4.69) is 5.32 Å². The van der Waals surface area contributed by atoms with Crippen molar-refractivity contribution < 1.29 is 27.5 Å². The average molecular weight is 406 g/mol. The monoisotopic (exact) mass is 406 g/mol. The van der Waals surface area contributed by atoms with E-state index in [1.54, 1.807) is 44.2 Å². The maximum Gasteiger partial charge on any atom is 0.416 e. The van der Waals surface area contributed by atoms with E-state index in [0.717, 1.165) is 12.1 Å². The lowest BCUT2D eigenvalue weighted by molar-refractivity contribution is -0.137. The van der Waals surface area contributed by atoms with Crippen LogP contribution in [0.25, 0.3) is 0 Å². The third-order valence-corrected chi connectivity index (χ3v) is 4.86. The molecule has 0 aliphatic carbocycles. The van der Waals surface area contributed by atoms with Crippen LogP contribution in [0.3, 0.4) is 0 Å². The van der Waals surface area contributed by atoms with Crippen molar-refractivity contribution >= 4 is 17.7 Å². The van der Waals surface area contributed by atoms with E-state index in [4.69, 9.17) is 4.74 Å². The fourth-order valence-electron chi connectivity index (χ4n) is 3.04. The molecule has 1 fully saturated rings. The van der Waals surface area contributed by atoms with Gasteiger partial charge in [0.2, 0.25) is 0 Å². The first-order valence-electron chi connectivity index (χ1n) is 9.08. The van der Waals surface area contributed by atoms with Crippen molar-refractivity contribution in [2.45, 2.75) is 25.4 Å². The van der Waals surface area contributed by atoms with Gasteiger partial charge in [-0.3, -0.25) is 9.69 Å². The molecule has 2 aromatic rings. The molecule has 1 aliphatic rings. The van der Waals surface area contributed by atoms with Crippen LogP contribution in [0.1, 0.15) is 35.3 Å². The van der Waals surface area contributed by atoms with E-state index in [-0.39, 0.29) is 12.5 Å². The number of carbonyl (C=O) groups is 2. The SMILES string of the molecule is CC(C)(CNC(=O)c1ccc(N2CCOC2=O)cc1)c1cccc(C(F)(F)F)c1. The number of nitrogens with zero attached hydrogens (tertiary/aromatic N) is 1. The molecule has 0 bridgehead atoms. The summed E-state index contributed by atoms with van der Waals surface area (Å²) in [5, 5.41) is 2.77. The number of nitrogens with one attached hydrogen (secondary N) is 1. The molecule has 2 amide bonds. The third-order valence-electron chi connectivity index (χ3n) is 4.86. The molecular weight excluding hydrogens is 385 g/mol. The van der Waals surface area contributed by atoms with Crippen LogP contribution in [0.5, 0.6) is 0 Å². The van der Waals surface area contributed by atoms with Gasteiger partial charge in [-0.15, -0.1) is 0 Å². The largest absolute Gasteiger partial charge is 0.447 e. The molecule has 154 valence electrons. The fourth-order valence-corrected chi connectivity index (χ4v) is 3.04. The predicted octanol–water partition coefficient (Wildman–Crippen LogP) is 4.37. The number of carbonyl (C=O) groups excluding carboxylic acids is 2. The van der Waals surface area contributed by atoms with Gasteiger partial charge in [0.05, 0.1) is 12.1 Å². The number of halogens is 3. The highest BCUT2D eigenvalue weighted by Gasteiger charge is 2.32. The molecule has 3 rings (SSSR count). The molecule has 1 saturated heterocycles. The lowest BCUT2D eigenvalue weighted by Gasteiger charge is -2.26. The lowest BCUT2D eigenvalue weighted by atomic mass is 9.83. The van der Waals surface area contributed by atoms with Crippen LogP contribution < -0.4 is 10.2 Å². The highest BCUT2D eigenvalue weighted by molar-refractivity contribution is 5.95. The Kier molecular flexibility index (Phi) is 5.55. The maximum atomic E-state index is 13.0. The van der Waals surface area contributed by atoms with Gasteiger partial charge in [0.1, 0.15) is 6.61 Å². The molecule has 0 radical (unpaired) electrons. The Morgan fingerprint density at radius 3 is 2.34 bits per heavy atom. The Morgan fingerprint density at radius 2 is 1.76 bits per heavy atom. The summed E-state index contributed by atoms with van der Waals surface area (Å²) >= 11 is 0. The summed E-state index contributed by atoms with van der Waals surface area (Å²) in [6.45, 7) is 4.48. The Morgan fingerprint density at radius 1 is 1.10 bits per heavy atom. The van der Waals surface area contributed by atoms with E-state index in [9.17, 15) is 22.8 Å². The molecular formula is C21H21F3N2O3. The van der Waals surface area contributed by atoms with Crippen LogP contribution in [0, 0.1) is 0 Å². The second kappa shape index (κ2) is 7.77. The van der Waals surface area contributed by atoms with Crippen molar-refractivity contribution in [2.24, 2.45) is 0 Å². The Hall–Kier alpha value is -3.03. The predicted molar refractivity (Wildman–Crippen MR) is 102 cm³/mol. The number of rotatable bonds is 5. The molecule has 0 aromatic heterocycles. The zero-order valence-corrected chi connectivity index (χ0v) is 16.0. The van der Waals surface area contributed by atoms with E-state index in [1.165, 1.54) is 11.0 Å². The first kappa shape index (κ1) is 20.7. The van der Waals surface area contributed by atoms with Gasteiger partial charge in [-0.25, -0.2) is 4.79 Å². The number of alkyl halides is 3. The number of benzene rings is 2. The minimum Gasteiger partial charge on any atom is -0.447 e. The van der Waals surface area contributed by atoms with Gasteiger partial charge >= 0.3 is 12.3 Å². The molecule has 29 heavy (non-hydrogen) atoms. The van der Waals surface area contributed by atoms with Gasteiger partial charge in [-0.1, -0.05) is 32.0 Å². The van der Waals surface area contributed by atoms with Crippen molar-refractivity contribution in [1.82, 2.24) is 5.32 Å². The smallest absolute Gasteiger partial charge is 0.416 e. The molecule has 0 saturated carbocycles. The maximum absolute atomic E-state index is 13.0. The van der Waals surface area contributed by atoms with Crippen LogP contribution in [-0.4, -0.2) is 31.7 Å². The van der Waals surface area contributed by atoms with Crippen molar-refractivity contribution in [2.75, 3.05) is 24.6 Å². The topological polar surface area (TPSA) is 58.6 Å². The van der Waals surface area contributed by atoms with Crippen LogP contribution >= 0.6 is 0 Å². The highest BCUT2D eigenvalue weighted by atomic mass is 19.4. The summed E-state index contributed by atoms with van der Waals surface area (Å²) in [5.74, 6) is -0.347.